The summed E-state index contributed by atoms with van der Waals surface area (Å²) >= 11 is 1.05. The monoisotopic (exact) mass is 641 g/mol. The van der Waals surface area contributed by atoms with Crippen molar-refractivity contribution in [3.05, 3.63) is 52.0 Å². The number of piperidine rings is 1. The van der Waals surface area contributed by atoms with Crippen LogP contribution in [0.15, 0.2) is 35.7 Å². The minimum absolute atomic E-state index is 0.0153. The number of amides is 3. The number of carboxylic acids is 1. The molecule has 5 N–H and O–H groups in total. The normalized spacial score (nSPS) is 17.5. The first-order chi connectivity index (χ1) is 21.5. The van der Waals surface area contributed by atoms with Gasteiger partial charge in [-0.1, -0.05) is 70.9 Å². The topological polar surface area (TPSA) is 167 Å². The van der Waals surface area contributed by atoms with Gasteiger partial charge in [-0.25, -0.2) is 4.98 Å². The molecule has 12 heteroatoms. The molecule has 2 aromatic rings. The van der Waals surface area contributed by atoms with Crippen LogP contribution in [0.25, 0.3) is 0 Å². The van der Waals surface area contributed by atoms with Crippen LogP contribution < -0.4 is 21.3 Å². The van der Waals surface area contributed by atoms with Crippen LogP contribution in [0.3, 0.4) is 0 Å². The van der Waals surface area contributed by atoms with Crippen LogP contribution in [0.2, 0.25) is 0 Å². The molecule has 2 heterocycles. The highest BCUT2D eigenvalue weighted by molar-refractivity contribution is 7.11. The fraction of sp³-hybridized carbons (Fsp3) is 0.576. The number of ketones is 1. The molecule has 0 spiro atoms. The zero-order chi connectivity index (χ0) is 32.9. The molecule has 0 bridgehead atoms. The Hall–Kier alpha value is -3.64. The predicted octanol–water partition coefficient (Wildman–Crippen LogP) is 3.74. The third kappa shape index (κ3) is 11.3. The van der Waals surface area contributed by atoms with Gasteiger partial charge in [-0.3, -0.25) is 24.0 Å². The van der Waals surface area contributed by atoms with E-state index in [0.29, 0.717) is 12.8 Å². The third-order valence-electron chi connectivity index (χ3n) is 8.30. The Labute approximate surface area is 269 Å². The SMILES string of the molecule is CC[C@H](C)[C@H](NC(=O)[C@@H]1CCCCN1)C(=O)N[C@H](CC(=O)c1nc(C(=O)N[C@H](CCC(=O)O)Cc2ccccc2)cs1)C(C)C. The molecule has 1 aromatic heterocycles. The van der Waals surface area contributed by atoms with E-state index < -0.39 is 30.0 Å². The number of carboxylic acid groups (broad SMARTS) is 1. The number of thiazole rings is 1. The second kappa shape index (κ2) is 17.7. The van der Waals surface area contributed by atoms with Crippen molar-refractivity contribution in [2.24, 2.45) is 11.8 Å². The zero-order valence-electron chi connectivity index (χ0n) is 26.6. The highest BCUT2D eigenvalue weighted by atomic mass is 32.1. The molecule has 1 aliphatic rings. The van der Waals surface area contributed by atoms with E-state index in [0.717, 1.165) is 42.7 Å². The van der Waals surface area contributed by atoms with Crippen molar-refractivity contribution in [1.82, 2.24) is 26.3 Å². The van der Waals surface area contributed by atoms with Crippen LogP contribution >= 0.6 is 11.3 Å². The maximum atomic E-state index is 13.5. The Kier molecular flexibility index (Phi) is 14.1. The summed E-state index contributed by atoms with van der Waals surface area (Å²) in [5, 5.41) is 22.9. The van der Waals surface area contributed by atoms with Gasteiger partial charge in [0.05, 0.1) is 6.04 Å². The van der Waals surface area contributed by atoms with Gasteiger partial charge in [0.1, 0.15) is 11.7 Å². The number of benzene rings is 1. The molecule has 45 heavy (non-hydrogen) atoms. The second-order valence-corrected chi connectivity index (χ2v) is 13.0. The molecule has 1 aromatic carbocycles. The largest absolute Gasteiger partial charge is 0.481 e. The summed E-state index contributed by atoms with van der Waals surface area (Å²) in [5.41, 5.74) is 1.04. The summed E-state index contributed by atoms with van der Waals surface area (Å²) in [5.74, 6) is -2.44. The van der Waals surface area contributed by atoms with Crippen LogP contribution in [-0.4, -0.2) is 70.3 Å². The molecule has 1 fully saturated rings. The van der Waals surface area contributed by atoms with Crippen molar-refractivity contribution in [3.8, 4) is 0 Å². The smallest absolute Gasteiger partial charge is 0.303 e. The summed E-state index contributed by atoms with van der Waals surface area (Å²) < 4.78 is 0. The maximum absolute atomic E-state index is 13.5. The first kappa shape index (κ1) is 35.8. The lowest BCUT2D eigenvalue weighted by Crippen LogP contribution is -2.57. The number of carbonyl (C=O) groups is 5. The highest BCUT2D eigenvalue weighted by Crippen LogP contribution is 2.18. The van der Waals surface area contributed by atoms with Crippen LogP contribution in [-0.2, 0) is 20.8 Å². The van der Waals surface area contributed by atoms with E-state index in [1.54, 1.807) is 0 Å². The fourth-order valence-electron chi connectivity index (χ4n) is 5.23. The molecule has 11 nitrogen and oxygen atoms in total. The lowest BCUT2D eigenvalue weighted by atomic mass is 9.94. The molecule has 1 saturated heterocycles. The number of aliphatic carboxylic acids is 1. The lowest BCUT2D eigenvalue weighted by Gasteiger charge is -2.30. The number of rotatable bonds is 17. The number of nitrogens with zero attached hydrogens (tertiary/aromatic N) is 1. The number of Topliss-reactive ketones (excluding diaryl/α,β-unsaturated/α-hetero) is 1. The molecule has 5 atom stereocenters. The van der Waals surface area contributed by atoms with E-state index in [-0.39, 0.29) is 65.4 Å². The molecule has 0 saturated carbocycles. The number of hydrogen-bond acceptors (Lipinski definition) is 8. The summed E-state index contributed by atoms with van der Waals surface area (Å²) in [6.07, 6.45) is 4.00. The predicted molar refractivity (Wildman–Crippen MR) is 173 cm³/mol. The maximum Gasteiger partial charge on any atom is 0.303 e. The summed E-state index contributed by atoms with van der Waals surface area (Å²) in [6.45, 7) is 8.47. The Morgan fingerprint density at radius 2 is 1.78 bits per heavy atom. The van der Waals surface area contributed by atoms with Crippen molar-refractivity contribution >= 4 is 40.8 Å². The average molecular weight is 642 g/mol. The Bertz CT molecular complexity index is 1290. The lowest BCUT2D eigenvalue weighted by molar-refractivity contribution is -0.137. The number of aromatic nitrogens is 1. The molecule has 3 rings (SSSR count). The molecule has 0 unspecified atom stereocenters. The van der Waals surface area contributed by atoms with Crippen molar-refractivity contribution in [2.45, 2.75) is 103 Å². The van der Waals surface area contributed by atoms with Crippen LogP contribution in [0, 0.1) is 11.8 Å². The molecule has 3 amide bonds. The van der Waals surface area contributed by atoms with E-state index in [2.05, 4.69) is 26.3 Å². The standard InChI is InChI=1S/C33H47N5O6S/c1-5-21(4)29(38-30(42)24-13-9-10-16-34-24)32(44)36-25(20(2)3)18-27(39)33-37-26(19-45-33)31(43)35-23(14-15-28(40)41)17-22-11-7-6-8-12-22/h6-8,11-12,19-21,23-25,29,34H,5,9-10,13-18H2,1-4H3,(H,35,43)(H,36,44)(H,38,42)(H,40,41)/t21-,23+,24-,25+,29-/m0/s1. The van der Waals surface area contributed by atoms with Crippen molar-refractivity contribution in [2.75, 3.05) is 6.54 Å². The molecule has 246 valence electrons. The summed E-state index contributed by atoms with van der Waals surface area (Å²) in [7, 11) is 0. The van der Waals surface area contributed by atoms with Crippen molar-refractivity contribution < 1.29 is 29.1 Å². The van der Waals surface area contributed by atoms with Crippen molar-refractivity contribution in [1.29, 1.82) is 0 Å². The fourth-order valence-corrected chi connectivity index (χ4v) is 5.98. The van der Waals surface area contributed by atoms with Gasteiger partial charge in [0.2, 0.25) is 11.8 Å². The zero-order valence-corrected chi connectivity index (χ0v) is 27.5. The van der Waals surface area contributed by atoms with Gasteiger partial charge < -0.3 is 26.4 Å². The summed E-state index contributed by atoms with van der Waals surface area (Å²) in [6, 6.07) is 7.49. The summed E-state index contributed by atoms with van der Waals surface area (Å²) in [4.78, 5) is 68.2. The van der Waals surface area contributed by atoms with Gasteiger partial charge in [-0.2, -0.15) is 0 Å². The number of carbonyl (C=O) groups excluding carboxylic acids is 4. The molecular weight excluding hydrogens is 594 g/mol. The molecule has 1 aliphatic heterocycles. The van der Waals surface area contributed by atoms with E-state index in [1.165, 1.54) is 5.38 Å². The van der Waals surface area contributed by atoms with E-state index in [1.807, 2.05) is 58.0 Å². The number of nitrogens with one attached hydrogen (secondary N) is 4. The van der Waals surface area contributed by atoms with Crippen LogP contribution in [0.5, 0.6) is 0 Å². The average Bonchev–Trinajstić information content (AvgIpc) is 3.53. The molecule has 0 aliphatic carbocycles. The highest BCUT2D eigenvalue weighted by Gasteiger charge is 2.32. The Balaban J connectivity index is 1.64. The van der Waals surface area contributed by atoms with Gasteiger partial charge in [0, 0.05) is 30.3 Å². The van der Waals surface area contributed by atoms with E-state index in [4.69, 9.17) is 5.11 Å². The third-order valence-corrected chi connectivity index (χ3v) is 9.18. The van der Waals surface area contributed by atoms with Gasteiger partial charge in [0.25, 0.3) is 5.91 Å². The minimum Gasteiger partial charge on any atom is -0.481 e. The first-order valence-electron chi connectivity index (χ1n) is 15.9. The van der Waals surface area contributed by atoms with Gasteiger partial charge in [-0.05, 0) is 49.6 Å². The minimum atomic E-state index is -0.949. The van der Waals surface area contributed by atoms with E-state index in [9.17, 15) is 24.0 Å². The van der Waals surface area contributed by atoms with Gasteiger partial charge in [0.15, 0.2) is 10.8 Å². The van der Waals surface area contributed by atoms with Crippen molar-refractivity contribution in [3.63, 3.8) is 0 Å². The van der Waals surface area contributed by atoms with Gasteiger partial charge >= 0.3 is 5.97 Å². The van der Waals surface area contributed by atoms with Crippen LogP contribution in [0.4, 0.5) is 0 Å². The Morgan fingerprint density at radius 3 is 2.40 bits per heavy atom. The molecular formula is C33H47N5O6S. The van der Waals surface area contributed by atoms with Crippen LogP contribution in [0.1, 0.15) is 98.5 Å². The Morgan fingerprint density at radius 1 is 1.04 bits per heavy atom. The quantitative estimate of drug-likeness (QED) is 0.163. The molecule has 0 radical (unpaired) electrons. The number of hydrogen-bond donors (Lipinski definition) is 5. The van der Waals surface area contributed by atoms with Gasteiger partial charge in [-0.15, -0.1) is 11.3 Å². The second-order valence-electron chi connectivity index (χ2n) is 12.2. The first-order valence-corrected chi connectivity index (χ1v) is 16.8. The van der Waals surface area contributed by atoms with E-state index >= 15 is 0 Å².